The normalized spacial score (nSPS) is 22.1. The summed E-state index contributed by atoms with van der Waals surface area (Å²) in [7, 11) is 0. The van der Waals surface area contributed by atoms with Gasteiger partial charge in [0.2, 0.25) is 5.90 Å². The van der Waals surface area contributed by atoms with Gasteiger partial charge >= 0.3 is 0 Å². The van der Waals surface area contributed by atoms with Crippen molar-refractivity contribution in [3.8, 4) is 5.75 Å². The molecule has 6 nitrogen and oxygen atoms in total. The van der Waals surface area contributed by atoms with E-state index in [-0.39, 0.29) is 12.5 Å². The number of likely N-dealkylation sites (tertiary alicyclic amines) is 1. The van der Waals surface area contributed by atoms with Crippen LogP contribution in [0.15, 0.2) is 70.7 Å². The highest BCUT2D eigenvalue weighted by atomic mass is 79.9. The van der Waals surface area contributed by atoms with Crippen LogP contribution in [0.5, 0.6) is 5.75 Å². The van der Waals surface area contributed by atoms with Crippen LogP contribution in [0.25, 0.3) is 0 Å². The highest BCUT2D eigenvalue weighted by Gasteiger charge is 2.54. The summed E-state index contributed by atoms with van der Waals surface area (Å²) < 4.78 is 13.0. The van der Waals surface area contributed by atoms with Gasteiger partial charge in [0.15, 0.2) is 11.6 Å². The first kappa shape index (κ1) is 24.5. The molecule has 1 N–H and O–H groups in total. The standard InChI is InChI=1S/C27H31BrN2O4/c1-2-15-27(26(32)30-16-6-3-7-17-30)24(22-9-4-5-10-23(22)28)34-25(29-27)20-11-13-21(14-12-20)33-19-8-18-31/h2,4-5,9-14,24,31H,1,3,6-8,15-19H2/t24-,27-/m1/s1. The molecule has 0 saturated carbocycles. The molecule has 2 aliphatic heterocycles. The second-order valence-corrected chi connectivity index (χ2v) is 9.51. The number of ether oxygens (including phenoxy) is 2. The van der Waals surface area contributed by atoms with Gasteiger partial charge in [0.05, 0.1) is 6.61 Å². The maximum absolute atomic E-state index is 14.0. The molecule has 34 heavy (non-hydrogen) atoms. The van der Waals surface area contributed by atoms with Crippen LogP contribution in [0, 0.1) is 0 Å². The summed E-state index contributed by atoms with van der Waals surface area (Å²) in [6.45, 7) is 5.97. The van der Waals surface area contributed by atoms with Crippen molar-refractivity contribution >= 4 is 27.7 Å². The fourth-order valence-corrected chi connectivity index (χ4v) is 5.05. The first-order chi connectivity index (χ1) is 16.6. The Bertz CT molecular complexity index is 1030. The van der Waals surface area contributed by atoms with E-state index in [0.29, 0.717) is 31.1 Å². The average molecular weight is 527 g/mol. The Morgan fingerprint density at radius 2 is 1.94 bits per heavy atom. The van der Waals surface area contributed by atoms with Crippen LogP contribution < -0.4 is 4.74 Å². The minimum absolute atomic E-state index is 0.00758. The van der Waals surface area contributed by atoms with E-state index in [4.69, 9.17) is 19.6 Å². The third-order valence-electron chi connectivity index (χ3n) is 6.29. The van der Waals surface area contributed by atoms with E-state index in [2.05, 4.69) is 22.5 Å². The van der Waals surface area contributed by atoms with Gasteiger partial charge in [-0.05, 0) is 49.6 Å². The molecule has 0 spiro atoms. The lowest BCUT2D eigenvalue weighted by molar-refractivity contribution is -0.140. The van der Waals surface area contributed by atoms with Gasteiger partial charge < -0.3 is 19.5 Å². The van der Waals surface area contributed by atoms with E-state index in [1.807, 2.05) is 53.4 Å². The number of aliphatic hydroxyl groups excluding tert-OH is 1. The summed E-state index contributed by atoms with van der Waals surface area (Å²) in [6, 6.07) is 15.3. The van der Waals surface area contributed by atoms with Gasteiger partial charge in [-0.2, -0.15) is 0 Å². The van der Waals surface area contributed by atoms with E-state index in [1.54, 1.807) is 6.08 Å². The van der Waals surface area contributed by atoms with Gasteiger partial charge in [0, 0.05) is 48.1 Å². The van der Waals surface area contributed by atoms with Crippen LogP contribution >= 0.6 is 15.9 Å². The molecule has 1 saturated heterocycles. The lowest BCUT2D eigenvalue weighted by atomic mass is 9.83. The Balaban J connectivity index is 1.72. The first-order valence-electron chi connectivity index (χ1n) is 11.8. The highest BCUT2D eigenvalue weighted by molar-refractivity contribution is 9.10. The van der Waals surface area contributed by atoms with E-state index < -0.39 is 11.6 Å². The zero-order valence-electron chi connectivity index (χ0n) is 19.3. The zero-order valence-corrected chi connectivity index (χ0v) is 20.9. The summed E-state index contributed by atoms with van der Waals surface area (Å²) in [4.78, 5) is 21.0. The van der Waals surface area contributed by atoms with Crippen molar-refractivity contribution in [1.29, 1.82) is 0 Å². The van der Waals surface area contributed by atoms with Crippen molar-refractivity contribution in [3.63, 3.8) is 0 Å². The van der Waals surface area contributed by atoms with Gasteiger partial charge in [-0.1, -0.05) is 40.2 Å². The number of aliphatic imine (C=N–C) groups is 1. The molecular formula is C27H31BrN2O4. The van der Waals surface area contributed by atoms with Gasteiger partial charge in [-0.15, -0.1) is 6.58 Å². The number of carbonyl (C=O) groups is 1. The van der Waals surface area contributed by atoms with Crippen LogP contribution in [0.4, 0.5) is 0 Å². The second kappa shape index (κ2) is 11.2. The fourth-order valence-electron chi connectivity index (χ4n) is 4.56. The molecule has 1 amide bonds. The average Bonchev–Trinajstić information content (AvgIpc) is 3.25. The number of rotatable bonds is 9. The lowest BCUT2D eigenvalue weighted by Gasteiger charge is -2.36. The number of halogens is 1. The zero-order chi connectivity index (χ0) is 24.0. The van der Waals surface area contributed by atoms with Crippen molar-refractivity contribution in [3.05, 3.63) is 76.8 Å². The maximum Gasteiger partial charge on any atom is 0.255 e. The Morgan fingerprint density at radius 1 is 1.21 bits per heavy atom. The molecule has 2 aromatic rings. The first-order valence-corrected chi connectivity index (χ1v) is 12.6. The summed E-state index contributed by atoms with van der Waals surface area (Å²) in [5, 5.41) is 8.95. The number of piperidine rings is 1. The topological polar surface area (TPSA) is 71.4 Å². The molecule has 180 valence electrons. The minimum Gasteiger partial charge on any atom is -0.494 e. The smallest absolute Gasteiger partial charge is 0.255 e. The number of carbonyl (C=O) groups excluding carboxylic acids is 1. The van der Waals surface area contributed by atoms with Crippen LogP contribution in [0.2, 0.25) is 0 Å². The molecule has 7 heteroatoms. The van der Waals surface area contributed by atoms with Crippen molar-refractivity contribution in [2.24, 2.45) is 4.99 Å². The molecule has 0 aromatic heterocycles. The molecule has 2 aliphatic rings. The molecule has 0 unspecified atom stereocenters. The van der Waals surface area contributed by atoms with E-state index >= 15 is 0 Å². The summed E-state index contributed by atoms with van der Waals surface area (Å²) in [5.74, 6) is 1.14. The van der Waals surface area contributed by atoms with Crippen molar-refractivity contribution < 1.29 is 19.4 Å². The second-order valence-electron chi connectivity index (χ2n) is 8.66. The number of benzene rings is 2. The molecule has 2 aromatic carbocycles. The summed E-state index contributed by atoms with van der Waals surface area (Å²) >= 11 is 3.65. The quantitative estimate of drug-likeness (QED) is 0.366. The molecule has 0 bridgehead atoms. The minimum atomic E-state index is -1.12. The number of aliphatic hydroxyl groups is 1. The monoisotopic (exact) mass is 526 g/mol. The Kier molecular flexibility index (Phi) is 8.06. The predicted octanol–water partition coefficient (Wildman–Crippen LogP) is 5.06. The lowest BCUT2D eigenvalue weighted by Crippen LogP contribution is -2.51. The molecule has 2 heterocycles. The SMILES string of the molecule is C=CC[C@@]1(C(=O)N2CCCCC2)N=C(c2ccc(OCCCO)cc2)O[C@@H]1c1ccccc1Br. The largest absolute Gasteiger partial charge is 0.494 e. The van der Waals surface area contributed by atoms with Crippen molar-refractivity contribution in [2.75, 3.05) is 26.3 Å². The van der Waals surface area contributed by atoms with Crippen LogP contribution in [-0.2, 0) is 9.53 Å². The molecule has 0 radical (unpaired) electrons. The number of nitrogens with zero attached hydrogens (tertiary/aromatic N) is 2. The predicted molar refractivity (Wildman–Crippen MR) is 136 cm³/mol. The Morgan fingerprint density at radius 3 is 2.62 bits per heavy atom. The molecule has 2 atom stereocenters. The highest BCUT2D eigenvalue weighted by Crippen LogP contribution is 2.45. The Labute approximate surface area is 209 Å². The van der Waals surface area contributed by atoms with Gasteiger partial charge in [0.1, 0.15) is 5.75 Å². The number of amides is 1. The van der Waals surface area contributed by atoms with Crippen molar-refractivity contribution in [1.82, 2.24) is 4.90 Å². The van der Waals surface area contributed by atoms with E-state index in [1.165, 1.54) is 0 Å². The van der Waals surface area contributed by atoms with Crippen LogP contribution in [-0.4, -0.2) is 53.7 Å². The number of hydrogen-bond acceptors (Lipinski definition) is 5. The molecule has 4 rings (SSSR count). The van der Waals surface area contributed by atoms with Gasteiger partial charge in [-0.25, -0.2) is 4.99 Å². The third-order valence-corrected chi connectivity index (χ3v) is 7.02. The molecule has 1 fully saturated rings. The maximum atomic E-state index is 14.0. The Hall–Kier alpha value is -2.64. The van der Waals surface area contributed by atoms with Crippen molar-refractivity contribution in [2.45, 2.75) is 43.7 Å². The van der Waals surface area contributed by atoms with E-state index in [0.717, 1.165) is 48.0 Å². The summed E-state index contributed by atoms with van der Waals surface area (Å²) in [5.41, 5.74) is 0.551. The van der Waals surface area contributed by atoms with Crippen LogP contribution in [0.3, 0.4) is 0 Å². The van der Waals surface area contributed by atoms with Crippen LogP contribution in [0.1, 0.15) is 49.3 Å². The molecule has 0 aliphatic carbocycles. The van der Waals surface area contributed by atoms with E-state index in [9.17, 15) is 4.79 Å². The van der Waals surface area contributed by atoms with Gasteiger partial charge in [0.25, 0.3) is 5.91 Å². The summed E-state index contributed by atoms with van der Waals surface area (Å²) in [6.07, 6.45) is 5.29. The fraction of sp³-hybridized carbons (Fsp3) is 0.407. The third kappa shape index (κ3) is 5.05. The number of hydrogen-bond donors (Lipinski definition) is 1. The molecular weight excluding hydrogens is 496 g/mol. The van der Waals surface area contributed by atoms with Gasteiger partial charge in [-0.3, -0.25) is 4.79 Å².